The van der Waals surface area contributed by atoms with Gasteiger partial charge in [-0.25, -0.2) is 6.57 Å². The van der Waals surface area contributed by atoms with E-state index in [9.17, 15) is 4.79 Å². The van der Waals surface area contributed by atoms with Gasteiger partial charge in [-0.1, -0.05) is 30.3 Å². The molecule has 1 amide bonds. The van der Waals surface area contributed by atoms with Gasteiger partial charge >= 0.3 is 11.9 Å². The molecule has 0 aromatic heterocycles. The number of piperazine rings is 1. The zero-order valence-corrected chi connectivity index (χ0v) is 15.0. The zero-order chi connectivity index (χ0) is 18.4. The minimum Gasteiger partial charge on any atom is -0.497 e. The third-order valence-corrected chi connectivity index (χ3v) is 4.74. The number of hydrogen-bond donors (Lipinski definition) is 0. The second-order valence-corrected chi connectivity index (χ2v) is 6.34. The lowest BCUT2D eigenvalue weighted by Gasteiger charge is -2.36. The molecule has 1 atom stereocenters. The van der Waals surface area contributed by atoms with Gasteiger partial charge in [0, 0.05) is 31.9 Å². The molecule has 0 N–H and O–H groups in total. The third kappa shape index (κ3) is 4.15. The molecule has 3 rings (SSSR count). The van der Waals surface area contributed by atoms with Gasteiger partial charge < -0.3 is 19.4 Å². The van der Waals surface area contributed by atoms with E-state index in [1.165, 1.54) is 0 Å². The van der Waals surface area contributed by atoms with Gasteiger partial charge in [-0.05, 0) is 29.8 Å². The van der Waals surface area contributed by atoms with Crippen molar-refractivity contribution >= 4 is 11.6 Å². The number of hydrogen-bond acceptors (Lipinski definition) is 3. The maximum absolute atomic E-state index is 12.7. The monoisotopic (exact) mass is 349 g/mol. The number of ether oxygens (including phenoxy) is 1. The first-order valence-corrected chi connectivity index (χ1v) is 8.79. The molecule has 2 aromatic rings. The van der Waals surface area contributed by atoms with E-state index >= 15 is 0 Å². The van der Waals surface area contributed by atoms with Crippen LogP contribution in [0.25, 0.3) is 4.85 Å². The Morgan fingerprint density at radius 3 is 2.31 bits per heavy atom. The molecule has 1 saturated heterocycles. The second-order valence-electron chi connectivity index (χ2n) is 6.34. The van der Waals surface area contributed by atoms with Gasteiger partial charge in [0.25, 0.3) is 0 Å². The highest BCUT2D eigenvalue weighted by atomic mass is 16.5. The van der Waals surface area contributed by atoms with Gasteiger partial charge in [-0.15, -0.1) is 0 Å². The fraction of sp³-hybridized carbons (Fsp3) is 0.333. The Kier molecular flexibility index (Phi) is 5.75. The highest BCUT2D eigenvalue weighted by molar-refractivity contribution is 5.84. The second kappa shape index (κ2) is 8.39. The number of anilines is 1. The molecule has 1 aliphatic rings. The molecule has 1 aliphatic heterocycles. The average molecular weight is 349 g/mol. The molecule has 26 heavy (non-hydrogen) atoms. The van der Waals surface area contributed by atoms with Crippen molar-refractivity contribution in [3.8, 4) is 5.75 Å². The molecule has 0 bridgehead atoms. The molecule has 0 unspecified atom stereocenters. The van der Waals surface area contributed by atoms with Gasteiger partial charge in [0.1, 0.15) is 5.75 Å². The van der Waals surface area contributed by atoms with E-state index in [0.717, 1.165) is 30.1 Å². The predicted octanol–water partition coefficient (Wildman–Crippen LogP) is 2.87. The smallest absolute Gasteiger partial charge is 0.306 e. The number of rotatable bonds is 5. The van der Waals surface area contributed by atoms with Gasteiger partial charge in [0.2, 0.25) is 0 Å². The highest BCUT2D eigenvalue weighted by Crippen LogP contribution is 2.21. The Bertz CT molecular complexity index is 760. The number of carbonyl (C=O) groups excluding carboxylic acids is 1. The topological polar surface area (TPSA) is 37.1 Å². The lowest BCUT2D eigenvalue weighted by Crippen LogP contribution is -2.51. The summed E-state index contributed by atoms with van der Waals surface area (Å²) < 4.78 is 5.19. The van der Waals surface area contributed by atoms with E-state index in [2.05, 4.69) is 9.74 Å². The molecule has 2 aromatic carbocycles. The summed E-state index contributed by atoms with van der Waals surface area (Å²) in [5, 5.41) is 0. The van der Waals surface area contributed by atoms with Gasteiger partial charge in [0.05, 0.1) is 13.5 Å². The fourth-order valence-corrected chi connectivity index (χ4v) is 3.21. The van der Waals surface area contributed by atoms with Crippen molar-refractivity contribution in [2.45, 2.75) is 12.5 Å². The summed E-state index contributed by atoms with van der Waals surface area (Å²) in [5.41, 5.74) is 2.16. The molecule has 1 heterocycles. The summed E-state index contributed by atoms with van der Waals surface area (Å²) in [6.07, 6.45) is 0.474. The molecule has 134 valence electrons. The predicted molar refractivity (Wildman–Crippen MR) is 102 cm³/mol. The highest BCUT2D eigenvalue weighted by Gasteiger charge is 2.31. The first-order valence-electron chi connectivity index (χ1n) is 8.79. The number of methoxy groups -OCH3 is 1. The lowest BCUT2D eigenvalue weighted by molar-refractivity contribution is -0.131. The fourth-order valence-electron chi connectivity index (χ4n) is 3.21. The zero-order valence-electron chi connectivity index (χ0n) is 15.0. The maximum Gasteiger partial charge on any atom is 0.306 e. The molecule has 0 radical (unpaired) electrons. The van der Waals surface area contributed by atoms with Crippen LogP contribution in [0.15, 0.2) is 54.6 Å². The van der Waals surface area contributed by atoms with Crippen molar-refractivity contribution in [1.29, 1.82) is 0 Å². The molecule has 5 heteroatoms. The van der Waals surface area contributed by atoms with E-state index in [1.54, 1.807) is 7.11 Å². The summed E-state index contributed by atoms with van der Waals surface area (Å²) in [5.74, 6) is 0.779. The largest absolute Gasteiger partial charge is 0.497 e. The number of nitrogens with zero attached hydrogens (tertiary/aromatic N) is 3. The quantitative estimate of drug-likeness (QED) is 0.779. The summed E-state index contributed by atoms with van der Waals surface area (Å²) in [6, 6.07) is 17.1. The molecule has 0 spiro atoms. The van der Waals surface area contributed by atoms with E-state index in [0.29, 0.717) is 19.5 Å². The summed E-state index contributed by atoms with van der Waals surface area (Å²) in [6.45, 7) is 10.3. The van der Waals surface area contributed by atoms with Crippen LogP contribution in [0.4, 0.5) is 5.69 Å². The van der Waals surface area contributed by atoms with E-state index in [-0.39, 0.29) is 5.91 Å². The van der Waals surface area contributed by atoms with Crippen molar-refractivity contribution < 1.29 is 9.53 Å². The van der Waals surface area contributed by atoms with Crippen LogP contribution in [-0.2, 0) is 11.2 Å². The molecule has 5 nitrogen and oxygen atoms in total. The van der Waals surface area contributed by atoms with E-state index in [4.69, 9.17) is 11.3 Å². The molecular weight excluding hydrogens is 326 g/mol. The normalized spacial score (nSPS) is 15.2. The molecule has 0 aliphatic carbocycles. The maximum atomic E-state index is 12.7. The van der Waals surface area contributed by atoms with Gasteiger partial charge in [-0.2, -0.15) is 0 Å². The van der Waals surface area contributed by atoms with Crippen LogP contribution in [0.3, 0.4) is 0 Å². The Labute approximate surface area is 154 Å². The Morgan fingerprint density at radius 1 is 1.08 bits per heavy atom. The number of carbonyl (C=O) groups is 1. The van der Waals surface area contributed by atoms with Crippen LogP contribution in [0.1, 0.15) is 5.56 Å². The third-order valence-electron chi connectivity index (χ3n) is 4.74. The van der Waals surface area contributed by atoms with Gasteiger partial charge in [-0.3, -0.25) is 4.79 Å². The van der Waals surface area contributed by atoms with Crippen molar-refractivity contribution in [3.63, 3.8) is 0 Å². The van der Waals surface area contributed by atoms with Crippen LogP contribution in [0, 0.1) is 6.57 Å². The van der Waals surface area contributed by atoms with Crippen LogP contribution >= 0.6 is 0 Å². The summed E-state index contributed by atoms with van der Waals surface area (Å²) >= 11 is 0. The Hall–Kier alpha value is -3.00. The molecule has 0 saturated carbocycles. The minimum absolute atomic E-state index is 0.0572. The number of amides is 1. The summed E-state index contributed by atoms with van der Waals surface area (Å²) in [7, 11) is 1.66. The molecule has 1 fully saturated rings. The number of benzene rings is 2. The Balaban J connectivity index is 1.57. The van der Waals surface area contributed by atoms with Crippen LogP contribution in [-0.4, -0.2) is 50.1 Å². The van der Waals surface area contributed by atoms with Crippen molar-refractivity contribution in [2.24, 2.45) is 0 Å². The van der Waals surface area contributed by atoms with E-state index in [1.807, 2.05) is 59.5 Å². The van der Waals surface area contributed by atoms with Crippen molar-refractivity contribution in [2.75, 3.05) is 38.2 Å². The van der Waals surface area contributed by atoms with Crippen molar-refractivity contribution in [1.82, 2.24) is 4.90 Å². The SMILES string of the molecule is [C-]#[N+][C@@H](Cc1ccccc1)C(=O)N1CCN(c2ccc(OC)cc2)CC1. The summed E-state index contributed by atoms with van der Waals surface area (Å²) in [4.78, 5) is 20.4. The van der Waals surface area contributed by atoms with Gasteiger partial charge in [0.15, 0.2) is 0 Å². The first-order chi connectivity index (χ1) is 12.7. The van der Waals surface area contributed by atoms with Crippen LogP contribution < -0.4 is 9.64 Å². The Morgan fingerprint density at radius 2 is 1.73 bits per heavy atom. The van der Waals surface area contributed by atoms with Crippen LogP contribution in [0.5, 0.6) is 5.75 Å². The average Bonchev–Trinajstić information content (AvgIpc) is 2.72. The minimum atomic E-state index is -0.634. The van der Waals surface area contributed by atoms with Crippen molar-refractivity contribution in [3.05, 3.63) is 71.6 Å². The lowest BCUT2D eigenvalue weighted by atomic mass is 10.1. The molecular formula is C21H23N3O2. The standard InChI is InChI=1S/C21H23N3O2/c1-22-20(16-17-6-4-3-5-7-17)21(25)24-14-12-23(13-15-24)18-8-10-19(26-2)11-9-18/h3-11,20H,12-16H2,2H3/t20-/m0/s1. The first kappa shape index (κ1) is 17.8. The van der Waals surface area contributed by atoms with Crippen LogP contribution in [0.2, 0.25) is 0 Å². The van der Waals surface area contributed by atoms with E-state index < -0.39 is 6.04 Å².